The van der Waals surface area contributed by atoms with Crippen molar-refractivity contribution in [3.8, 4) is 0 Å². The van der Waals surface area contributed by atoms with Gasteiger partial charge < -0.3 is 4.90 Å². The van der Waals surface area contributed by atoms with Crippen LogP contribution in [0.5, 0.6) is 0 Å². The first-order chi connectivity index (χ1) is 11.6. The molecule has 1 amide bonds. The van der Waals surface area contributed by atoms with Crippen LogP contribution in [0.3, 0.4) is 0 Å². The normalized spacial score (nSPS) is 24.0. The Balaban J connectivity index is 0.00000225. The van der Waals surface area contributed by atoms with E-state index >= 15 is 0 Å². The van der Waals surface area contributed by atoms with Gasteiger partial charge in [0.15, 0.2) is 0 Å². The van der Waals surface area contributed by atoms with Crippen LogP contribution in [0.1, 0.15) is 44.1 Å². The van der Waals surface area contributed by atoms with E-state index in [1.807, 2.05) is 18.0 Å². The van der Waals surface area contributed by atoms with E-state index in [4.69, 9.17) is 23.2 Å². The number of hydrogen-bond donors (Lipinski definition) is 0. The third-order valence-corrected chi connectivity index (χ3v) is 6.27. The summed E-state index contributed by atoms with van der Waals surface area (Å²) < 4.78 is 0. The summed E-state index contributed by atoms with van der Waals surface area (Å²) in [4.78, 5) is 17.4. The summed E-state index contributed by atoms with van der Waals surface area (Å²) in [5, 5.41) is 1.04. The second-order valence-electron chi connectivity index (χ2n) is 7.09. The quantitative estimate of drug-likeness (QED) is 0.716. The molecule has 3 rings (SSSR count). The molecule has 0 N–H and O–H groups in total. The second kappa shape index (κ2) is 9.45. The number of carbonyl (C=O) groups excluding carboxylic acids is 1. The van der Waals surface area contributed by atoms with Gasteiger partial charge in [-0.25, -0.2) is 0 Å². The van der Waals surface area contributed by atoms with Gasteiger partial charge in [0.05, 0.1) is 16.5 Å². The first-order valence-corrected chi connectivity index (χ1v) is 9.75. The number of likely N-dealkylation sites (tertiary alicyclic amines) is 1. The van der Waals surface area contributed by atoms with E-state index in [0.717, 1.165) is 12.0 Å². The molecule has 2 fully saturated rings. The van der Waals surface area contributed by atoms with Gasteiger partial charge in [0.25, 0.3) is 0 Å². The maximum atomic E-state index is 12.8. The highest BCUT2D eigenvalue weighted by Gasteiger charge is 2.35. The van der Waals surface area contributed by atoms with Gasteiger partial charge in [0.2, 0.25) is 5.91 Å². The fourth-order valence-corrected chi connectivity index (χ4v) is 4.50. The maximum Gasteiger partial charge on any atom is 0.227 e. The van der Waals surface area contributed by atoms with Gasteiger partial charge in [-0.3, -0.25) is 9.69 Å². The van der Waals surface area contributed by atoms with Crippen LogP contribution in [0.4, 0.5) is 0 Å². The molecule has 3 nitrogen and oxygen atoms in total. The molecule has 0 unspecified atom stereocenters. The topological polar surface area (TPSA) is 23.6 Å². The summed E-state index contributed by atoms with van der Waals surface area (Å²) in [5.41, 5.74) is 0.926. The lowest BCUT2D eigenvalue weighted by Gasteiger charge is -2.42. The SMILES string of the molecule is CN(C(=O)Cc1ccc(Cl)c(Cl)c1)[C@H]1CCCC[C@@H]1N1CCCC1.Cl. The van der Waals surface area contributed by atoms with E-state index in [-0.39, 0.29) is 18.3 Å². The van der Waals surface area contributed by atoms with E-state index in [1.165, 1.54) is 45.2 Å². The summed E-state index contributed by atoms with van der Waals surface area (Å²) in [6, 6.07) is 6.32. The van der Waals surface area contributed by atoms with Crippen LogP contribution in [0.25, 0.3) is 0 Å². The molecule has 0 bridgehead atoms. The van der Waals surface area contributed by atoms with Crippen molar-refractivity contribution >= 4 is 41.5 Å². The van der Waals surface area contributed by atoms with E-state index < -0.39 is 0 Å². The monoisotopic (exact) mass is 404 g/mol. The van der Waals surface area contributed by atoms with Crippen LogP contribution >= 0.6 is 35.6 Å². The predicted molar refractivity (Wildman–Crippen MR) is 107 cm³/mol. The Morgan fingerprint density at radius 2 is 1.80 bits per heavy atom. The minimum absolute atomic E-state index is 0. The number of amides is 1. The summed E-state index contributed by atoms with van der Waals surface area (Å²) in [6.07, 6.45) is 7.82. The minimum Gasteiger partial charge on any atom is -0.341 e. The number of hydrogen-bond acceptors (Lipinski definition) is 2. The third-order valence-electron chi connectivity index (χ3n) is 5.53. The molecule has 1 aliphatic carbocycles. The van der Waals surface area contributed by atoms with Crippen LogP contribution in [-0.4, -0.2) is 47.9 Å². The summed E-state index contributed by atoms with van der Waals surface area (Å²) in [7, 11) is 1.97. The van der Waals surface area contributed by atoms with E-state index in [0.29, 0.717) is 28.5 Å². The minimum atomic E-state index is 0. The van der Waals surface area contributed by atoms with Crippen molar-refractivity contribution in [1.29, 1.82) is 0 Å². The van der Waals surface area contributed by atoms with Crippen LogP contribution in [-0.2, 0) is 11.2 Å². The summed E-state index contributed by atoms with van der Waals surface area (Å²) in [5.74, 6) is 0.171. The van der Waals surface area contributed by atoms with Crippen molar-refractivity contribution in [1.82, 2.24) is 9.80 Å². The largest absolute Gasteiger partial charge is 0.341 e. The molecule has 1 saturated heterocycles. The Bertz CT molecular complexity index is 590. The summed E-state index contributed by atoms with van der Waals surface area (Å²) >= 11 is 12.0. The van der Waals surface area contributed by atoms with Crippen molar-refractivity contribution in [3.05, 3.63) is 33.8 Å². The molecule has 1 heterocycles. The van der Waals surface area contributed by atoms with Crippen molar-refractivity contribution in [3.63, 3.8) is 0 Å². The molecule has 1 aliphatic heterocycles. The first kappa shape index (κ1) is 20.8. The highest BCUT2D eigenvalue weighted by Crippen LogP contribution is 2.29. The molecular weight excluding hydrogens is 379 g/mol. The molecule has 140 valence electrons. The van der Waals surface area contributed by atoms with Crippen molar-refractivity contribution in [2.45, 2.75) is 57.0 Å². The van der Waals surface area contributed by atoms with Gasteiger partial charge in [-0.1, -0.05) is 42.1 Å². The smallest absolute Gasteiger partial charge is 0.227 e. The number of rotatable bonds is 4. The molecule has 1 aromatic rings. The fourth-order valence-electron chi connectivity index (χ4n) is 4.18. The average molecular weight is 406 g/mol. The molecule has 0 radical (unpaired) electrons. The van der Waals surface area contributed by atoms with Crippen LogP contribution < -0.4 is 0 Å². The third kappa shape index (κ3) is 5.03. The lowest BCUT2D eigenvalue weighted by Crippen LogP contribution is -2.53. The highest BCUT2D eigenvalue weighted by atomic mass is 35.5. The Morgan fingerprint density at radius 3 is 2.48 bits per heavy atom. The molecule has 2 atom stereocenters. The Kier molecular flexibility index (Phi) is 7.88. The van der Waals surface area contributed by atoms with E-state index in [1.54, 1.807) is 12.1 Å². The van der Waals surface area contributed by atoms with Gasteiger partial charge in [0.1, 0.15) is 0 Å². The highest BCUT2D eigenvalue weighted by molar-refractivity contribution is 6.42. The number of carbonyl (C=O) groups is 1. The number of benzene rings is 1. The van der Waals surface area contributed by atoms with Gasteiger partial charge in [-0.15, -0.1) is 12.4 Å². The van der Waals surface area contributed by atoms with Crippen LogP contribution in [0.15, 0.2) is 18.2 Å². The van der Waals surface area contributed by atoms with Gasteiger partial charge in [-0.2, -0.15) is 0 Å². The molecule has 1 aromatic carbocycles. The Morgan fingerprint density at radius 1 is 1.12 bits per heavy atom. The van der Waals surface area contributed by atoms with E-state index in [2.05, 4.69) is 4.90 Å². The number of nitrogens with zero attached hydrogens (tertiary/aromatic N) is 2. The van der Waals surface area contributed by atoms with Crippen LogP contribution in [0, 0.1) is 0 Å². The fraction of sp³-hybridized carbons (Fsp3) is 0.632. The second-order valence-corrected chi connectivity index (χ2v) is 7.91. The molecule has 25 heavy (non-hydrogen) atoms. The Hall–Kier alpha value is -0.480. The van der Waals surface area contributed by atoms with Gasteiger partial charge in [-0.05, 0) is 56.5 Å². The zero-order chi connectivity index (χ0) is 17.1. The van der Waals surface area contributed by atoms with Crippen LogP contribution in [0.2, 0.25) is 10.0 Å². The van der Waals surface area contributed by atoms with E-state index in [9.17, 15) is 4.79 Å². The number of halogens is 3. The predicted octanol–water partition coefficient (Wildman–Crippen LogP) is 4.82. The van der Waals surface area contributed by atoms with Gasteiger partial charge >= 0.3 is 0 Å². The van der Waals surface area contributed by atoms with Crippen molar-refractivity contribution < 1.29 is 4.79 Å². The molecule has 0 spiro atoms. The molecule has 1 saturated carbocycles. The molecule has 0 aromatic heterocycles. The molecule has 6 heteroatoms. The zero-order valence-electron chi connectivity index (χ0n) is 14.7. The average Bonchev–Trinajstić information content (AvgIpc) is 3.12. The standard InChI is InChI=1S/C19H26Cl2N2O.ClH/c1-22(19(24)13-14-8-9-15(20)16(21)12-14)17-6-2-3-7-18(17)23-10-4-5-11-23;/h8-9,12,17-18H,2-7,10-11,13H2,1H3;1H/t17-,18-;/m0./s1. The first-order valence-electron chi connectivity index (χ1n) is 9.00. The molecular formula is C19H27Cl3N2O. The Labute approximate surface area is 167 Å². The summed E-state index contributed by atoms with van der Waals surface area (Å²) in [6.45, 7) is 2.38. The lowest BCUT2D eigenvalue weighted by molar-refractivity contribution is -0.133. The van der Waals surface area contributed by atoms with Gasteiger partial charge in [0, 0.05) is 19.1 Å². The molecule has 2 aliphatic rings. The number of likely N-dealkylation sites (N-methyl/N-ethyl adjacent to an activating group) is 1. The van der Waals surface area contributed by atoms with Crippen molar-refractivity contribution in [2.24, 2.45) is 0 Å². The maximum absolute atomic E-state index is 12.8. The zero-order valence-corrected chi connectivity index (χ0v) is 17.0. The lowest BCUT2D eigenvalue weighted by atomic mass is 9.88. The van der Waals surface area contributed by atoms with Crippen molar-refractivity contribution in [2.75, 3.05) is 20.1 Å².